The smallest absolute Gasteiger partial charge is 0.253 e. The zero-order valence-electron chi connectivity index (χ0n) is 13.8. The minimum atomic E-state index is -0.0566. The number of nitrogens with one attached hydrogen (secondary N) is 1. The van der Waals surface area contributed by atoms with Crippen LogP contribution in [-0.2, 0) is 9.47 Å². The van der Waals surface area contributed by atoms with Gasteiger partial charge in [0.25, 0.3) is 5.91 Å². The minimum absolute atomic E-state index is 0.0566. The van der Waals surface area contributed by atoms with E-state index in [1.807, 2.05) is 37.3 Å². The Kier molecular flexibility index (Phi) is 4.21. The van der Waals surface area contributed by atoms with E-state index < -0.39 is 0 Å². The molecule has 4 rings (SSSR count). The lowest BCUT2D eigenvalue weighted by Gasteiger charge is -2.39. The molecule has 1 aromatic heterocycles. The van der Waals surface area contributed by atoms with Crippen LogP contribution in [0.25, 0.3) is 10.9 Å². The number of hydrogen-bond acceptors (Lipinski definition) is 4. The molecule has 5 heteroatoms. The molecule has 0 spiro atoms. The van der Waals surface area contributed by atoms with Gasteiger partial charge < -0.3 is 14.8 Å². The molecule has 1 saturated carbocycles. The lowest BCUT2D eigenvalue weighted by Crippen LogP contribution is -2.49. The number of hydrogen-bond donors (Lipinski definition) is 1. The summed E-state index contributed by atoms with van der Waals surface area (Å²) in [6, 6.07) is 9.83. The van der Waals surface area contributed by atoms with Crippen LogP contribution in [0.2, 0.25) is 0 Å². The van der Waals surface area contributed by atoms with Gasteiger partial charge in [0.05, 0.1) is 36.5 Å². The molecule has 1 N–H and O–H groups in total. The molecule has 1 aromatic carbocycles. The molecule has 2 fully saturated rings. The van der Waals surface area contributed by atoms with E-state index >= 15 is 0 Å². The topological polar surface area (TPSA) is 60.5 Å². The predicted molar refractivity (Wildman–Crippen MR) is 91.1 cm³/mol. The third kappa shape index (κ3) is 3.01. The van der Waals surface area contributed by atoms with E-state index in [4.69, 9.17) is 9.47 Å². The molecule has 1 aliphatic carbocycles. The molecule has 3 atom stereocenters. The standard InChI is InChI=1S/C19H22N2O3/c1-12-5-6-13-3-2-4-15(18(13)20-12)19(22)21-14-7-8-16-17(11-14)24-10-9-23-16/h2-6,14,16-17H,7-11H2,1H3,(H,21,22). The second-order valence-corrected chi connectivity index (χ2v) is 6.63. The first kappa shape index (κ1) is 15.5. The van der Waals surface area contributed by atoms with Crippen molar-refractivity contribution in [2.75, 3.05) is 13.2 Å². The highest BCUT2D eigenvalue weighted by molar-refractivity contribution is 6.05. The number of carbonyl (C=O) groups is 1. The number of para-hydroxylation sites is 1. The van der Waals surface area contributed by atoms with Crippen molar-refractivity contribution in [1.82, 2.24) is 10.3 Å². The maximum Gasteiger partial charge on any atom is 0.253 e. The fourth-order valence-electron chi connectivity index (χ4n) is 3.69. The van der Waals surface area contributed by atoms with Crippen LogP contribution in [0.15, 0.2) is 30.3 Å². The summed E-state index contributed by atoms with van der Waals surface area (Å²) in [6.07, 6.45) is 2.96. The predicted octanol–water partition coefficient (Wildman–Crippen LogP) is 2.61. The van der Waals surface area contributed by atoms with E-state index in [0.717, 1.165) is 35.9 Å². The van der Waals surface area contributed by atoms with Crippen molar-refractivity contribution in [2.45, 2.75) is 44.4 Å². The van der Waals surface area contributed by atoms with Gasteiger partial charge in [0.2, 0.25) is 0 Å². The molecule has 2 heterocycles. The fourth-order valence-corrected chi connectivity index (χ4v) is 3.69. The largest absolute Gasteiger partial charge is 0.373 e. The summed E-state index contributed by atoms with van der Waals surface area (Å²) in [5.74, 6) is -0.0566. The van der Waals surface area contributed by atoms with Crippen LogP contribution in [0.5, 0.6) is 0 Å². The highest BCUT2D eigenvalue weighted by Crippen LogP contribution is 2.27. The van der Waals surface area contributed by atoms with Gasteiger partial charge >= 0.3 is 0 Å². The van der Waals surface area contributed by atoms with Crippen molar-refractivity contribution in [1.29, 1.82) is 0 Å². The van der Waals surface area contributed by atoms with Crippen molar-refractivity contribution in [3.05, 3.63) is 41.6 Å². The van der Waals surface area contributed by atoms with Gasteiger partial charge in [0, 0.05) is 17.1 Å². The summed E-state index contributed by atoms with van der Waals surface area (Å²) in [7, 11) is 0. The second kappa shape index (κ2) is 6.49. The second-order valence-electron chi connectivity index (χ2n) is 6.63. The number of carbonyl (C=O) groups excluding carboxylic acids is 1. The van der Waals surface area contributed by atoms with Crippen molar-refractivity contribution in [3.63, 3.8) is 0 Å². The Morgan fingerprint density at radius 1 is 1.12 bits per heavy atom. The number of fused-ring (bicyclic) bond motifs is 2. The van der Waals surface area contributed by atoms with Gasteiger partial charge in [-0.15, -0.1) is 0 Å². The molecule has 0 bridgehead atoms. The van der Waals surface area contributed by atoms with Crippen molar-refractivity contribution >= 4 is 16.8 Å². The summed E-state index contributed by atoms with van der Waals surface area (Å²) in [4.78, 5) is 17.3. The van der Waals surface area contributed by atoms with Gasteiger partial charge in [-0.2, -0.15) is 0 Å². The van der Waals surface area contributed by atoms with Gasteiger partial charge in [-0.25, -0.2) is 0 Å². The first-order chi connectivity index (χ1) is 11.7. The monoisotopic (exact) mass is 326 g/mol. The molecular formula is C19H22N2O3. The number of amides is 1. The van der Waals surface area contributed by atoms with Crippen LogP contribution >= 0.6 is 0 Å². The first-order valence-corrected chi connectivity index (χ1v) is 8.61. The molecule has 0 radical (unpaired) electrons. The van der Waals surface area contributed by atoms with Crippen LogP contribution in [0.4, 0.5) is 0 Å². The number of rotatable bonds is 2. The molecule has 1 amide bonds. The number of nitrogens with zero attached hydrogens (tertiary/aromatic N) is 1. The average Bonchev–Trinajstić information content (AvgIpc) is 2.61. The van der Waals surface area contributed by atoms with Gasteiger partial charge in [0.1, 0.15) is 0 Å². The Hall–Kier alpha value is -1.98. The summed E-state index contributed by atoms with van der Waals surface area (Å²) in [5.41, 5.74) is 2.32. The Bertz CT molecular complexity index is 761. The Labute approximate surface area is 141 Å². The number of aryl methyl sites for hydroxylation is 1. The number of pyridine rings is 1. The first-order valence-electron chi connectivity index (χ1n) is 8.61. The molecule has 2 aliphatic rings. The van der Waals surface area contributed by atoms with Crippen LogP contribution < -0.4 is 5.32 Å². The van der Waals surface area contributed by atoms with E-state index in [0.29, 0.717) is 18.8 Å². The van der Waals surface area contributed by atoms with Crippen molar-refractivity contribution < 1.29 is 14.3 Å². The van der Waals surface area contributed by atoms with Crippen LogP contribution in [-0.4, -0.2) is 42.4 Å². The molecule has 3 unspecified atom stereocenters. The van der Waals surface area contributed by atoms with E-state index in [9.17, 15) is 4.79 Å². The van der Waals surface area contributed by atoms with Gasteiger partial charge in [-0.05, 0) is 38.3 Å². The van der Waals surface area contributed by atoms with E-state index in [1.54, 1.807) is 0 Å². The molecule has 5 nitrogen and oxygen atoms in total. The quantitative estimate of drug-likeness (QED) is 0.921. The fraction of sp³-hybridized carbons (Fsp3) is 0.474. The molecule has 2 aromatic rings. The summed E-state index contributed by atoms with van der Waals surface area (Å²) in [5, 5.41) is 4.15. The highest BCUT2D eigenvalue weighted by atomic mass is 16.6. The molecule has 126 valence electrons. The maximum atomic E-state index is 12.8. The Morgan fingerprint density at radius 2 is 1.96 bits per heavy atom. The SMILES string of the molecule is Cc1ccc2cccc(C(=O)NC3CCC4OCCOC4C3)c2n1. The maximum absolute atomic E-state index is 12.8. The normalized spacial score (nSPS) is 26.8. The Morgan fingerprint density at radius 3 is 2.83 bits per heavy atom. The summed E-state index contributed by atoms with van der Waals surface area (Å²) in [6.45, 7) is 3.27. The number of aromatic nitrogens is 1. The molecule has 1 saturated heterocycles. The van der Waals surface area contributed by atoms with E-state index in [1.165, 1.54) is 0 Å². The molecule has 1 aliphatic heterocycles. The summed E-state index contributed by atoms with van der Waals surface area (Å²) >= 11 is 0. The lowest BCUT2D eigenvalue weighted by molar-refractivity contribution is -0.157. The number of benzene rings is 1. The lowest BCUT2D eigenvalue weighted by atomic mass is 9.89. The van der Waals surface area contributed by atoms with Crippen molar-refractivity contribution in [2.24, 2.45) is 0 Å². The Balaban J connectivity index is 1.51. The highest BCUT2D eigenvalue weighted by Gasteiger charge is 2.34. The van der Waals surface area contributed by atoms with Crippen LogP contribution in [0, 0.1) is 6.92 Å². The zero-order chi connectivity index (χ0) is 16.5. The average molecular weight is 326 g/mol. The van der Waals surface area contributed by atoms with Crippen LogP contribution in [0.3, 0.4) is 0 Å². The molecule has 24 heavy (non-hydrogen) atoms. The third-order valence-corrected chi connectivity index (χ3v) is 4.92. The van der Waals surface area contributed by atoms with Gasteiger partial charge in [-0.1, -0.05) is 18.2 Å². The van der Waals surface area contributed by atoms with Gasteiger partial charge in [0.15, 0.2) is 0 Å². The van der Waals surface area contributed by atoms with Crippen molar-refractivity contribution in [3.8, 4) is 0 Å². The van der Waals surface area contributed by atoms with E-state index in [2.05, 4.69) is 10.3 Å². The van der Waals surface area contributed by atoms with Gasteiger partial charge in [-0.3, -0.25) is 9.78 Å². The molecular weight excluding hydrogens is 304 g/mol. The third-order valence-electron chi connectivity index (χ3n) is 4.92. The van der Waals surface area contributed by atoms with Crippen LogP contribution in [0.1, 0.15) is 35.3 Å². The zero-order valence-corrected chi connectivity index (χ0v) is 13.8. The minimum Gasteiger partial charge on any atom is -0.373 e. The van der Waals surface area contributed by atoms with E-state index in [-0.39, 0.29) is 24.2 Å². The number of ether oxygens (including phenoxy) is 2. The summed E-state index contributed by atoms with van der Waals surface area (Å²) < 4.78 is 11.5.